The van der Waals surface area contributed by atoms with Crippen molar-refractivity contribution in [1.29, 1.82) is 10.5 Å². The lowest BCUT2D eigenvalue weighted by atomic mass is 9.88. The lowest BCUT2D eigenvalue weighted by Crippen LogP contribution is -2.13. The Balaban J connectivity index is 1.86. The molecule has 1 heterocycles. The van der Waals surface area contributed by atoms with Gasteiger partial charge in [0.15, 0.2) is 0 Å². The molecule has 1 aliphatic carbocycles. The Morgan fingerprint density at radius 1 is 1.35 bits per heavy atom. The summed E-state index contributed by atoms with van der Waals surface area (Å²) < 4.78 is 0. The Labute approximate surface area is 161 Å². The quantitative estimate of drug-likeness (QED) is 0.604. The molecule has 1 unspecified atom stereocenters. The van der Waals surface area contributed by atoms with E-state index in [9.17, 15) is 15.3 Å². The van der Waals surface area contributed by atoms with Crippen molar-refractivity contribution in [3.8, 4) is 12.1 Å². The van der Waals surface area contributed by atoms with E-state index >= 15 is 0 Å². The second-order valence-electron chi connectivity index (χ2n) is 6.34. The normalized spacial score (nSPS) is 16.3. The highest BCUT2D eigenvalue weighted by molar-refractivity contribution is 7.16. The highest BCUT2D eigenvalue weighted by Gasteiger charge is 2.25. The molecule has 130 valence electrons. The van der Waals surface area contributed by atoms with E-state index in [0.717, 1.165) is 29.7 Å². The summed E-state index contributed by atoms with van der Waals surface area (Å²) in [5.41, 5.74) is 2.27. The molecule has 1 N–H and O–H groups in total. The standard InChI is InChI=1S/C20H16ClN3OS/c1-12-2-7-16-17(11-23)20(26-18(16)8-12)24-19(25)14(10-22)9-13-3-5-15(21)6-4-13/h3-6,9,12H,2,7-8H2,1H3,(H,24,25). The molecule has 1 aromatic carbocycles. The predicted octanol–water partition coefficient (Wildman–Crippen LogP) is 4.94. The van der Waals surface area contributed by atoms with E-state index < -0.39 is 5.91 Å². The lowest BCUT2D eigenvalue weighted by Gasteiger charge is -2.17. The van der Waals surface area contributed by atoms with Crippen molar-refractivity contribution in [3.63, 3.8) is 0 Å². The van der Waals surface area contributed by atoms with Gasteiger partial charge >= 0.3 is 0 Å². The van der Waals surface area contributed by atoms with Gasteiger partial charge in [0, 0.05) is 9.90 Å². The molecular weight excluding hydrogens is 366 g/mol. The third-order valence-corrected chi connectivity index (χ3v) is 5.82. The Morgan fingerprint density at radius 3 is 2.73 bits per heavy atom. The van der Waals surface area contributed by atoms with Crippen LogP contribution in [-0.2, 0) is 17.6 Å². The van der Waals surface area contributed by atoms with Crippen molar-refractivity contribution < 1.29 is 4.79 Å². The van der Waals surface area contributed by atoms with Gasteiger partial charge in [-0.25, -0.2) is 0 Å². The molecule has 1 atom stereocenters. The van der Waals surface area contributed by atoms with E-state index in [-0.39, 0.29) is 5.57 Å². The maximum atomic E-state index is 12.5. The summed E-state index contributed by atoms with van der Waals surface area (Å²) in [6.07, 6.45) is 4.34. The Kier molecular flexibility index (Phi) is 5.42. The molecule has 0 saturated carbocycles. The van der Waals surface area contributed by atoms with Gasteiger partial charge in [0.05, 0.1) is 5.56 Å². The van der Waals surface area contributed by atoms with Crippen LogP contribution in [0.25, 0.3) is 6.08 Å². The molecule has 0 fully saturated rings. The fourth-order valence-electron chi connectivity index (χ4n) is 3.00. The van der Waals surface area contributed by atoms with Gasteiger partial charge in [0.25, 0.3) is 5.91 Å². The minimum absolute atomic E-state index is 0.0176. The molecule has 6 heteroatoms. The number of thiophene rings is 1. The fraction of sp³-hybridized carbons (Fsp3) is 0.250. The van der Waals surface area contributed by atoms with E-state index in [1.807, 2.05) is 6.07 Å². The number of benzene rings is 1. The van der Waals surface area contributed by atoms with Crippen LogP contribution in [0.1, 0.15) is 34.9 Å². The third kappa shape index (κ3) is 3.80. The number of halogens is 1. The zero-order valence-electron chi connectivity index (χ0n) is 14.2. The number of nitriles is 2. The van der Waals surface area contributed by atoms with E-state index in [2.05, 4.69) is 18.3 Å². The maximum Gasteiger partial charge on any atom is 0.266 e. The molecule has 3 rings (SSSR count). The molecule has 4 nitrogen and oxygen atoms in total. The predicted molar refractivity (Wildman–Crippen MR) is 104 cm³/mol. The molecule has 1 aromatic heterocycles. The maximum absolute atomic E-state index is 12.5. The van der Waals surface area contributed by atoms with Crippen LogP contribution in [0.4, 0.5) is 5.00 Å². The largest absolute Gasteiger partial charge is 0.312 e. The van der Waals surface area contributed by atoms with Crippen LogP contribution >= 0.6 is 22.9 Å². The first-order valence-corrected chi connectivity index (χ1v) is 9.44. The summed E-state index contributed by atoms with van der Waals surface area (Å²) in [5, 5.41) is 22.7. The number of carbonyl (C=O) groups excluding carboxylic acids is 1. The van der Waals surface area contributed by atoms with Crippen molar-refractivity contribution in [2.45, 2.75) is 26.2 Å². The van der Waals surface area contributed by atoms with Crippen LogP contribution in [0, 0.1) is 28.6 Å². The number of fused-ring (bicyclic) bond motifs is 1. The minimum Gasteiger partial charge on any atom is -0.312 e. The first kappa shape index (κ1) is 18.2. The van der Waals surface area contributed by atoms with Crippen molar-refractivity contribution in [3.05, 3.63) is 56.4 Å². The number of nitrogens with zero attached hydrogens (tertiary/aromatic N) is 2. The highest BCUT2D eigenvalue weighted by Crippen LogP contribution is 2.39. The Morgan fingerprint density at radius 2 is 2.08 bits per heavy atom. The van der Waals surface area contributed by atoms with Crippen LogP contribution in [0.2, 0.25) is 5.02 Å². The lowest BCUT2D eigenvalue weighted by molar-refractivity contribution is -0.112. The van der Waals surface area contributed by atoms with Crippen molar-refractivity contribution in [1.82, 2.24) is 0 Å². The van der Waals surface area contributed by atoms with Crippen LogP contribution < -0.4 is 5.32 Å². The Bertz CT molecular complexity index is 961. The van der Waals surface area contributed by atoms with Crippen LogP contribution in [-0.4, -0.2) is 5.91 Å². The van der Waals surface area contributed by atoms with E-state index in [1.165, 1.54) is 17.4 Å². The van der Waals surface area contributed by atoms with E-state index in [4.69, 9.17) is 11.6 Å². The molecule has 26 heavy (non-hydrogen) atoms. The molecule has 2 aromatic rings. The van der Waals surface area contributed by atoms with Gasteiger partial charge in [-0.1, -0.05) is 30.7 Å². The van der Waals surface area contributed by atoms with Gasteiger partial charge in [0.1, 0.15) is 22.7 Å². The fourth-order valence-corrected chi connectivity index (χ4v) is 4.48. The molecular formula is C20H16ClN3OS. The summed E-state index contributed by atoms with van der Waals surface area (Å²) in [5.74, 6) is 0.0707. The molecule has 0 saturated heterocycles. The van der Waals surface area contributed by atoms with Crippen LogP contribution in [0.3, 0.4) is 0 Å². The molecule has 1 amide bonds. The molecule has 0 bridgehead atoms. The first-order valence-electron chi connectivity index (χ1n) is 8.25. The smallest absolute Gasteiger partial charge is 0.266 e. The average Bonchev–Trinajstić information content (AvgIpc) is 2.96. The first-order chi connectivity index (χ1) is 12.5. The van der Waals surface area contributed by atoms with Gasteiger partial charge < -0.3 is 5.32 Å². The van der Waals surface area contributed by atoms with Crippen LogP contribution in [0.5, 0.6) is 0 Å². The number of hydrogen-bond acceptors (Lipinski definition) is 4. The number of amides is 1. The molecule has 0 radical (unpaired) electrons. The molecule has 0 spiro atoms. The zero-order chi connectivity index (χ0) is 18.7. The van der Waals surface area contributed by atoms with Gasteiger partial charge in [-0.05, 0) is 54.5 Å². The van der Waals surface area contributed by atoms with Gasteiger partial charge in [-0.2, -0.15) is 10.5 Å². The summed E-state index contributed by atoms with van der Waals surface area (Å²) >= 11 is 7.30. The van der Waals surface area contributed by atoms with Gasteiger partial charge in [-0.3, -0.25) is 4.79 Å². The highest BCUT2D eigenvalue weighted by atomic mass is 35.5. The zero-order valence-corrected chi connectivity index (χ0v) is 15.7. The summed E-state index contributed by atoms with van der Waals surface area (Å²) in [7, 11) is 0. The number of carbonyl (C=O) groups is 1. The monoisotopic (exact) mass is 381 g/mol. The Hall–Kier alpha value is -2.60. The van der Waals surface area contributed by atoms with E-state index in [0.29, 0.717) is 27.1 Å². The van der Waals surface area contributed by atoms with Crippen molar-refractivity contribution in [2.24, 2.45) is 5.92 Å². The topological polar surface area (TPSA) is 76.7 Å². The van der Waals surface area contributed by atoms with Gasteiger partial charge in [0.2, 0.25) is 0 Å². The summed E-state index contributed by atoms with van der Waals surface area (Å²) in [6, 6.07) is 11.0. The SMILES string of the molecule is CC1CCc2c(sc(NC(=O)C(C#N)=Cc3ccc(Cl)cc3)c2C#N)C1. The number of nitrogens with one attached hydrogen (secondary N) is 1. The van der Waals surface area contributed by atoms with E-state index in [1.54, 1.807) is 24.3 Å². The van der Waals surface area contributed by atoms with Gasteiger partial charge in [-0.15, -0.1) is 11.3 Å². The van der Waals surface area contributed by atoms with Crippen LogP contribution in [0.15, 0.2) is 29.8 Å². The molecule has 1 aliphatic rings. The second kappa shape index (κ2) is 7.74. The minimum atomic E-state index is -0.509. The second-order valence-corrected chi connectivity index (χ2v) is 7.88. The number of hydrogen-bond donors (Lipinski definition) is 1. The van der Waals surface area contributed by atoms with Crippen molar-refractivity contribution >= 4 is 39.9 Å². The average molecular weight is 382 g/mol. The molecule has 0 aliphatic heterocycles. The van der Waals surface area contributed by atoms with Crippen molar-refractivity contribution in [2.75, 3.05) is 5.32 Å². The summed E-state index contributed by atoms with van der Waals surface area (Å²) in [4.78, 5) is 13.7. The third-order valence-electron chi connectivity index (χ3n) is 4.40. The number of rotatable bonds is 3. The summed E-state index contributed by atoms with van der Waals surface area (Å²) in [6.45, 7) is 2.19. The number of anilines is 1.